The number of aliphatic hydroxyl groups is 3. The van der Waals surface area contributed by atoms with Gasteiger partial charge in [-0.05, 0) is 18.8 Å². The van der Waals surface area contributed by atoms with Gasteiger partial charge in [-0.1, -0.05) is 0 Å². The molecule has 1 aromatic rings. The quantitative estimate of drug-likeness (QED) is 0.514. The van der Waals surface area contributed by atoms with E-state index in [-0.39, 0.29) is 5.56 Å². The summed E-state index contributed by atoms with van der Waals surface area (Å²) in [7, 11) is 0. The fourth-order valence-electron chi connectivity index (χ4n) is 2.60. The van der Waals surface area contributed by atoms with Crippen LogP contribution in [0.5, 0.6) is 0 Å². The first kappa shape index (κ1) is 14.5. The molecule has 1 saturated carbocycles. The van der Waals surface area contributed by atoms with Crippen LogP contribution in [0.15, 0.2) is 15.8 Å². The molecule has 4 atom stereocenters. The van der Waals surface area contributed by atoms with Crippen molar-refractivity contribution in [1.82, 2.24) is 9.55 Å². The minimum atomic E-state index is -1.32. The molecule has 8 heteroatoms. The molecule has 2 aliphatic rings. The van der Waals surface area contributed by atoms with Gasteiger partial charge in [0.25, 0.3) is 5.56 Å². The van der Waals surface area contributed by atoms with Gasteiger partial charge in [-0.15, -0.1) is 0 Å². The summed E-state index contributed by atoms with van der Waals surface area (Å²) >= 11 is 0. The van der Waals surface area contributed by atoms with Crippen LogP contribution in [0.4, 0.5) is 0 Å². The Bertz CT molecular complexity index is 634. The van der Waals surface area contributed by atoms with Crippen LogP contribution in [-0.4, -0.2) is 49.8 Å². The van der Waals surface area contributed by atoms with Crippen molar-refractivity contribution >= 4 is 0 Å². The number of aromatic amines is 1. The molecule has 1 aromatic heterocycles. The van der Waals surface area contributed by atoms with Crippen LogP contribution in [0, 0.1) is 5.92 Å². The molecular formula is C13H18N2O6. The Balaban J connectivity index is 1.94. The minimum Gasteiger partial charge on any atom is -0.394 e. The van der Waals surface area contributed by atoms with E-state index in [2.05, 4.69) is 4.98 Å². The zero-order chi connectivity index (χ0) is 15.1. The molecule has 116 valence electrons. The average Bonchev–Trinajstić information content (AvgIpc) is 3.22. The summed E-state index contributed by atoms with van der Waals surface area (Å²) in [5.41, 5.74) is -1.07. The third-order valence-corrected chi connectivity index (χ3v) is 4.04. The van der Waals surface area contributed by atoms with Gasteiger partial charge in [0, 0.05) is 12.7 Å². The van der Waals surface area contributed by atoms with E-state index in [0.717, 1.165) is 12.8 Å². The standard InChI is InChI=1S/C13H18N2O6/c16-5-8-9(17)10(18)11(21-8)7-4-15(3-6-1-2-6)13(20)14-12(7)19/h4,6,8-11,16-18H,1-3,5H2,(H,14,19,20)/t8-,9+,10?,11+/m1/s1. The van der Waals surface area contributed by atoms with Crippen molar-refractivity contribution in [2.24, 2.45) is 5.92 Å². The Hall–Kier alpha value is -1.48. The number of aliphatic hydroxyl groups excluding tert-OH is 3. The highest BCUT2D eigenvalue weighted by Crippen LogP contribution is 2.32. The zero-order valence-corrected chi connectivity index (χ0v) is 11.3. The molecule has 1 aliphatic carbocycles. The summed E-state index contributed by atoms with van der Waals surface area (Å²) < 4.78 is 6.72. The first-order valence-corrected chi connectivity index (χ1v) is 6.97. The number of ether oxygens (including phenoxy) is 1. The second-order valence-electron chi connectivity index (χ2n) is 5.70. The number of nitrogens with zero attached hydrogens (tertiary/aromatic N) is 1. The Labute approximate surface area is 119 Å². The average molecular weight is 298 g/mol. The molecule has 0 bridgehead atoms. The maximum absolute atomic E-state index is 11.9. The summed E-state index contributed by atoms with van der Waals surface area (Å²) in [6.07, 6.45) is -1.14. The van der Waals surface area contributed by atoms with Crippen LogP contribution < -0.4 is 11.2 Å². The number of rotatable bonds is 4. The largest absolute Gasteiger partial charge is 0.394 e. The fourth-order valence-corrected chi connectivity index (χ4v) is 2.60. The lowest BCUT2D eigenvalue weighted by Gasteiger charge is -2.15. The van der Waals surface area contributed by atoms with Crippen LogP contribution in [0.25, 0.3) is 0 Å². The van der Waals surface area contributed by atoms with E-state index < -0.39 is 42.3 Å². The van der Waals surface area contributed by atoms with Gasteiger partial charge in [0.1, 0.15) is 24.4 Å². The molecule has 4 N–H and O–H groups in total. The van der Waals surface area contributed by atoms with Crippen LogP contribution >= 0.6 is 0 Å². The summed E-state index contributed by atoms with van der Waals surface area (Å²) in [6.45, 7) is 0.0474. The van der Waals surface area contributed by atoms with Crippen molar-refractivity contribution in [3.63, 3.8) is 0 Å². The van der Waals surface area contributed by atoms with Gasteiger partial charge in [-0.3, -0.25) is 14.3 Å². The van der Waals surface area contributed by atoms with Crippen molar-refractivity contribution in [2.75, 3.05) is 6.61 Å². The van der Waals surface area contributed by atoms with E-state index in [1.54, 1.807) is 0 Å². The van der Waals surface area contributed by atoms with E-state index in [1.165, 1.54) is 10.8 Å². The Morgan fingerprint density at radius 3 is 2.57 bits per heavy atom. The molecule has 21 heavy (non-hydrogen) atoms. The molecule has 2 fully saturated rings. The lowest BCUT2D eigenvalue weighted by molar-refractivity contribution is -0.0233. The smallest absolute Gasteiger partial charge is 0.328 e. The molecule has 0 amide bonds. The van der Waals surface area contributed by atoms with Gasteiger partial charge < -0.3 is 20.1 Å². The number of H-pyrrole nitrogens is 1. The van der Waals surface area contributed by atoms with Crippen molar-refractivity contribution in [1.29, 1.82) is 0 Å². The van der Waals surface area contributed by atoms with Crippen LogP contribution in [0.2, 0.25) is 0 Å². The molecule has 0 radical (unpaired) electrons. The molecule has 3 rings (SSSR count). The third kappa shape index (κ3) is 2.67. The van der Waals surface area contributed by atoms with Crippen LogP contribution in [0.1, 0.15) is 24.5 Å². The minimum absolute atomic E-state index is 0.0813. The molecule has 1 saturated heterocycles. The zero-order valence-electron chi connectivity index (χ0n) is 11.3. The first-order valence-electron chi connectivity index (χ1n) is 6.97. The van der Waals surface area contributed by atoms with Gasteiger partial charge >= 0.3 is 5.69 Å². The van der Waals surface area contributed by atoms with Gasteiger partial charge in [-0.2, -0.15) is 0 Å². The lowest BCUT2D eigenvalue weighted by atomic mass is 10.0. The Kier molecular flexibility index (Phi) is 3.70. The molecule has 0 aromatic carbocycles. The number of hydrogen-bond donors (Lipinski definition) is 4. The van der Waals surface area contributed by atoms with Gasteiger partial charge in [0.2, 0.25) is 0 Å². The van der Waals surface area contributed by atoms with E-state index in [0.29, 0.717) is 12.5 Å². The number of hydrogen-bond acceptors (Lipinski definition) is 6. The maximum Gasteiger partial charge on any atom is 0.328 e. The third-order valence-electron chi connectivity index (χ3n) is 4.04. The molecule has 2 heterocycles. The summed E-state index contributed by atoms with van der Waals surface area (Å²) in [6, 6.07) is 0. The number of nitrogens with one attached hydrogen (secondary N) is 1. The lowest BCUT2D eigenvalue weighted by Crippen LogP contribution is -2.36. The van der Waals surface area contributed by atoms with E-state index in [4.69, 9.17) is 9.84 Å². The molecule has 1 aliphatic heterocycles. The first-order chi connectivity index (χ1) is 10.0. The number of aromatic nitrogens is 2. The van der Waals surface area contributed by atoms with Gasteiger partial charge in [-0.25, -0.2) is 4.79 Å². The van der Waals surface area contributed by atoms with Crippen molar-refractivity contribution in [3.8, 4) is 0 Å². The topological polar surface area (TPSA) is 125 Å². The molecular weight excluding hydrogens is 280 g/mol. The van der Waals surface area contributed by atoms with Crippen LogP contribution in [-0.2, 0) is 11.3 Å². The van der Waals surface area contributed by atoms with Crippen LogP contribution in [0.3, 0.4) is 0 Å². The Morgan fingerprint density at radius 1 is 1.29 bits per heavy atom. The highest BCUT2D eigenvalue weighted by molar-refractivity contribution is 5.14. The molecule has 8 nitrogen and oxygen atoms in total. The van der Waals surface area contributed by atoms with Crippen molar-refractivity contribution in [3.05, 3.63) is 32.6 Å². The SMILES string of the molecule is O=c1[nH]c(=O)n(CC2CC2)cc1[C@@H]1O[C@H](CO)[C@H](O)C1O. The summed E-state index contributed by atoms with van der Waals surface area (Å²) in [5, 5.41) is 28.8. The van der Waals surface area contributed by atoms with Gasteiger partial charge in [0.05, 0.1) is 12.2 Å². The Morgan fingerprint density at radius 2 is 2.00 bits per heavy atom. The normalized spacial score (nSPS) is 32.5. The predicted molar refractivity (Wildman–Crippen MR) is 70.8 cm³/mol. The maximum atomic E-state index is 11.9. The summed E-state index contributed by atoms with van der Waals surface area (Å²) in [4.78, 5) is 25.9. The second kappa shape index (κ2) is 5.38. The predicted octanol–water partition coefficient (Wildman–Crippen LogP) is -1.90. The van der Waals surface area contributed by atoms with E-state index >= 15 is 0 Å². The molecule has 1 unspecified atom stereocenters. The monoisotopic (exact) mass is 298 g/mol. The second-order valence-corrected chi connectivity index (χ2v) is 5.70. The van der Waals surface area contributed by atoms with Crippen molar-refractivity contribution in [2.45, 2.75) is 43.8 Å². The van der Waals surface area contributed by atoms with Gasteiger partial charge in [0.15, 0.2) is 0 Å². The fraction of sp³-hybridized carbons (Fsp3) is 0.692. The van der Waals surface area contributed by atoms with Crippen molar-refractivity contribution < 1.29 is 20.1 Å². The highest BCUT2D eigenvalue weighted by atomic mass is 16.6. The molecule has 0 spiro atoms. The highest BCUT2D eigenvalue weighted by Gasteiger charge is 2.44. The van der Waals surface area contributed by atoms with E-state index in [1.807, 2.05) is 0 Å². The summed E-state index contributed by atoms with van der Waals surface area (Å²) in [5.74, 6) is 0.437. The van der Waals surface area contributed by atoms with E-state index in [9.17, 15) is 19.8 Å².